The van der Waals surface area contributed by atoms with E-state index in [-0.39, 0.29) is 0 Å². The highest BCUT2D eigenvalue weighted by atomic mass is 32.1. The van der Waals surface area contributed by atoms with E-state index in [9.17, 15) is 4.79 Å². The summed E-state index contributed by atoms with van der Waals surface area (Å²) in [5, 5.41) is 2.10. The van der Waals surface area contributed by atoms with Gasteiger partial charge in [0, 0.05) is 27.5 Å². The van der Waals surface area contributed by atoms with E-state index in [1.54, 1.807) is 29.8 Å². The van der Waals surface area contributed by atoms with Crippen molar-refractivity contribution in [3.8, 4) is 15.5 Å². The maximum atomic E-state index is 12.3. The van der Waals surface area contributed by atoms with Gasteiger partial charge in [0.05, 0.1) is 7.11 Å². The zero-order valence-corrected chi connectivity index (χ0v) is 23.1. The van der Waals surface area contributed by atoms with Crippen LogP contribution >= 0.6 is 22.7 Å². The van der Waals surface area contributed by atoms with Crippen LogP contribution in [-0.2, 0) is 17.6 Å². The van der Waals surface area contributed by atoms with Crippen LogP contribution in [0.15, 0.2) is 53.9 Å². The van der Waals surface area contributed by atoms with Gasteiger partial charge in [0.15, 0.2) is 0 Å². The zero-order chi connectivity index (χ0) is 24.6. The van der Waals surface area contributed by atoms with E-state index < -0.39 is 0 Å². The summed E-state index contributed by atoms with van der Waals surface area (Å²) in [5.41, 5.74) is 1.42. The molecule has 0 amide bonds. The summed E-state index contributed by atoms with van der Waals surface area (Å²) >= 11 is 3.53. The second kappa shape index (κ2) is 16.7. The fourth-order valence-electron chi connectivity index (χ4n) is 4.52. The third-order valence-corrected chi connectivity index (χ3v) is 8.78. The number of carbonyl (C=O) groups excluding carboxylic acids is 1. The molecule has 1 aromatic carbocycles. The first-order chi connectivity index (χ1) is 17.2. The van der Waals surface area contributed by atoms with E-state index in [4.69, 9.17) is 4.74 Å². The first kappa shape index (κ1) is 27.7. The average Bonchev–Trinajstić information content (AvgIpc) is 3.57. The first-order valence-corrected chi connectivity index (χ1v) is 15.2. The lowest BCUT2D eigenvalue weighted by molar-refractivity contribution is -0.118. The molecular formula is C31H42O2S2. The number of Topliss-reactive ketones (excluding diaryl/α,β-unsaturated/α-hetero) is 1. The van der Waals surface area contributed by atoms with Gasteiger partial charge in [-0.1, -0.05) is 82.4 Å². The van der Waals surface area contributed by atoms with E-state index >= 15 is 0 Å². The predicted molar refractivity (Wildman–Crippen MR) is 153 cm³/mol. The topological polar surface area (TPSA) is 26.3 Å². The van der Waals surface area contributed by atoms with Gasteiger partial charge in [-0.2, -0.15) is 0 Å². The zero-order valence-electron chi connectivity index (χ0n) is 21.4. The number of rotatable bonds is 19. The Kier molecular flexibility index (Phi) is 13.2. The molecule has 2 aromatic heterocycles. The summed E-state index contributed by atoms with van der Waals surface area (Å²) in [7, 11) is 1.72. The highest BCUT2D eigenvalue weighted by molar-refractivity contribution is 7.21. The van der Waals surface area contributed by atoms with Crippen molar-refractivity contribution < 1.29 is 9.53 Å². The SMILES string of the molecule is COc1ccc(CCCCCCCCCCCCCCC(=O)Cc2ccc(-c3cccs3)s2)cc1. The number of methoxy groups -OCH3 is 1. The number of ketones is 1. The molecule has 3 aromatic rings. The molecule has 0 fully saturated rings. The van der Waals surface area contributed by atoms with E-state index in [0.717, 1.165) is 18.6 Å². The Morgan fingerprint density at radius 1 is 0.714 bits per heavy atom. The normalized spacial score (nSPS) is 11.1. The van der Waals surface area contributed by atoms with Gasteiger partial charge in [-0.3, -0.25) is 4.79 Å². The Labute approximate surface area is 220 Å². The van der Waals surface area contributed by atoms with Crippen molar-refractivity contribution in [2.24, 2.45) is 0 Å². The van der Waals surface area contributed by atoms with Gasteiger partial charge in [0.2, 0.25) is 0 Å². The number of unbranched alkanes of at least 4 members (excludes halogenated alkanes) is 11. The van der Waals surface area contributed by atoms with Crippen molar-refractivity contribution in [3.05, 3.63) is 64.4 Å². The van der Waals surface area contributed by atoms with Gasteiger partial charge in [0.25, 0.3) is 0 Å². The Balaban J connectivity index is 1.08. The molecular weight excluding hydrogens is 468 g/mol. The standard InChI is InChI=1S/C31H42O2S2/c1-33-28-20-18-26(19-21-28)15-12-10-8-6-4-2-3-5-7-9-11-13-16-27(32)25-29-22-23-31(35-29)30-17-14-24-34-30/h14,17-24H,2-13,15-16,25H2,1H3. The molecule has 0 unspecified atom stereocenters. The van der Waals surface area contributed by atoms with Crippen molar-refractivity contribution in [2.75, 3.05) is 7.11 Å². The molecule has 0 atom stereocenters. The largest absolute Gasteiger partial charge is 0.497 e. The summed E-state index contributed by atoms with van der Waals surface area (Å²) in [4.78, 5) is 16.1. The Bertz CT molecular complexity index is 941. The average molecular weight is 511 g/mol. The number of hydrogen-bond donors (Lipinski definition) is 0. The van der Waals surface area contributed by atoms with E-state index in [1.807, 2.05) is 0 Å². The van der Waals surface area contributed by atoms with E-state index in [1.165, 1.54) is 97.2 Å². The molecule has 0 radical (unpaired) electrons. The monoisotopic (exact) mass is 510 g/mol. The predicted octanol–water partition coefficient (Wildman–Crippen LogP) is 9.91. The van der Waals surface area contributed by atoms with Gasteiger partial charge in [-0.25, -0.2) is 0 Å². The lowest BCUT2D eigenvalue weighted by atomic mass is 10.0. The van der Waals surface area contributed by atoms with E-state index in [2.05, 4.69) is 53.9 Å². The highest BCUT2D eigenvalue weighted by Gasteiger charge is 2.08. The van der Waals surface area contributed by atoms with Gasteiger partial charge in [-0.15, -0.1) is 22.7 Å². The second-order valence-corrected chi connectivity index (χ2v) is 11.7. The molecule has 0 spiro atoms. The summed E-state index contributed by atoms with van der Waals surface area (Å²) in [6, 6.07) is 17.0. The van der Waals surface area contributed by atoms with Crippen LogP contribution in [-0.4, -0.2) is 12.9 Å². The fourth-order valence-corrected chi connectivity index (χ4v) is 6.39. The number of carbonyl (C=O) groups is 1. The molecule has 2 nitrogen and oxygen atoms in total. The van der Waals surface area contributed by atoms with Gasteiger partial charge < -0.3 is 4.74 Å². The fraction of sp³-hybridized carbons (Fsp3) is 0.516. The molecule has 0 N–H and O–H groups in total. The third-order valence-electron chi connectivity index (χ3n) is 6.63. The number of hydrogen-bond acceptors (Lipinski definition) is 4. The van der Waals surface area contributed by atoms with Crippen molar-refractivity contribution in [3.63, 3.8) is 0 Å². The van der Waals surface area contributed by atoms with Gasteiger partial charge in [0.1, 0.15) is 11.5 Å². The summed E-state index contributed by atoms with van der Waals surface area (Å²) in [5.74, 6) is 1.34. The minimum absolute atomic E-state index is 0.397. The van der Waals surface area contributed by atoms with E-state index in [0.29, 0.717) is 12.2 Å². The molecule has 0 aliphatic heterocycles. The van der Waals surface area contributed by atoms with Crippen molar-refractivity contribution in [2.45, 2.75) is 96.3 Å². The van der Waals surface area contributed by atoms with Gasteiger partial charge in [-0.05, 0) is 60.5 Å². The lowest BCUT2D eigenvalue weighted by Gasteiger charge is -2.05. The molecule has 35 heavy (non-hydrogen) atoms. The first-order valence-electron chi connectivity index (χ1n) is 13.5. The van der Waals surface area contributed by atoms with Crippen molar-refractivity contribution in [1.82, 2.24) is 0 Å². The maximum absolute atomic E-state index is 12.3. The third kappa shape index (κ3) is 11.1. The number of thiophene rings is 2. The van der Waals surface area contributed by atoms with Crippen LogP contribution in [0.4, 0.5) is 0 Å². The highest BCUT2D eigenvalue weighted by Crippen LogP contribution is 2.31. The molecule has 0 saturated carbocycles. The number of ether oxygens (including phenoxy) is 1. The molecule has 3 rings (SSSR count). The minimum atomic E-state index is 0.397. The lowest BCUT2D eigenvalue weighted by Crippen LogP contribution is -2.00. The Morgan fingerprint density at radius 2 is 1.34 bits per heavy atom. The molecule has 4 heteroatoms. The quantitative estimate of drug-likeness (QED) is 0.150. The van der Waals surface area contributed by atoms with Crippen molar-refractivity contribution in [1.29, 1.82) is 0 Å². The summed E-state index contributed by atoms with van der Waals surface area (Å²) < 4.78 is 5.22. The molecule has 190 valence electrons. The van der Waals surface area contributed by atoms with Crippen LogP contribution in [0.25, 0.3) is 9.75 Å². The summed E-state index contributed by atoms with van der Waals surface area (Å²) in [6.07, 6.45) is 18.2. The maximum Gasteiger partial charge on any atom is 0.138 e. The second-order valence-electron chi connectivity index (χ2n) is 9.55. The molecule has 0 saturated heterocycles. The molecule has 0 bridgehead atoms. The molecule has 0 aliphatic carbocycles. The number of aryl methyl sites for hydroxylation is 1. The van der Waals surface area contributed by atoms with Crippen LogP contribution < -0.4 is 4.74 Å². The minimum Gasteiger partial charge on any atom is -0.497 e. The number of benzene rings is 1. The van der Waals surface area contributed by atoms with Crippen LogP contribution in [0.5, 0.6) is 5.75 Å². The van der Waals surface area contributed by atoms with Crippen molar-refractivity contribution >= 4 is 28.5 Å². The van der Waals surface area contributed by atoms with Crippen LogP contribution in [0.1, 0.15) is 93.9 Å². The Morgan fingerprint density at radius 3 is 1.94 bits per heavy atom. The molecule has 2 heterocycles. The van der Waals surface area contributed by atoms with Crippen LogP contribution in [0.3, 0.4) is 0 Å². The molecule has 0 aliphatic rings. The smallest absolute Gasteiger partial charge is 0.138 e. The van der Waals surface area contributed by atoms with Gasteiger partial charge >= 0.3 is 0 Å². The summed E-state index contributed by atoms with van der Waals surface area (Å²) in [6.45, 7) is 0. The van der Waals surface area contributed by atoms with Crippen LogP contribution in [0, 0.1) is 0 Å². The Hall–Kier alpha value is -1.91. The van der Waals surface area contributed by atoms with Crippen LogP contribution in [0.2, 0.25) is 0 Å².